The van der Waals surface area contributed by atoms with E-state index in [1.54, 1.807) is 0 Å². The number of rotatable bonds is 6. The summed E-state index contributed by atoms with van der Waals surface area (Å²) in [5, 5.41) is 13.4. The zero-order valence-corrected chi connectivity index (χ0v) is 15.5. The number of amides is 2. The van der Waals surface area contributed by atoms with E-state index in [2.05, 4.69) is 5.32 Å². The first-order valence-electron chi connectivity index (χ1n) is 8.95. The standard InChI is InChI=1S/C22H19N3O4/c26-21(23-19-12-7-13-20(14-19)25(28)29)22(27)24(15-17-8-3-1-4-9-17)16-18-10-5-2-6-11-18/h1-14H,15-16H2,(H,23,26). The van der Waals surface area contributed by atoms with Crippen LogP contribution in [0.4, 0.5) is 11.4 Å². The molecule has 0 unspecified atom stereocenters. The fourth-order valence-electron chi connectivity index (χ4n) is 2.83. The molecular formula is C22H19N3O4. The molecule has 0 bridgehead atoms. The second kappa shape index (κ2) is 9.27. The van der Waals surface area contributed by atoms with Gasteiger partial charge in [0.15, 0.2) is 0 Å². The van der Waals surface area contributed by atoms with Crippen LogP contribution in [0.15, 0.2) is 84.9 Å². The maximum absolute atomic E-state index is 12.9. The molecule has 7 heteroatoms. The summed E-state index contributed by atoms with van der Waals surface area (Å²) in [5.74, 6) is -1.57. The number of hydrogen-bond donors (Lipinski definition) is 1. The van der Waals surface area contributed by atoms with Gasteiger partial charge in [-0.2, -0.15) is 0 Å². The van der Waals surface area contributed by atoms with Gasteiger partial charge in [0.2, 0.25) is 0 Å². The van der Waals surface area contributed by atoms with Crippen molar-refractivity contribution in [1.29, 1.82) is 0 Å². The van der Waals surface area contributed by atoms with Crippen molar-refractivity contribution < 1.29 is 14.5 Å². The number of nitrogens with zero attached hydrogens (tertiary/aromatic N) is 2. The lowest BCUT2D eigenvalue weighted by Gasteiger charge is -2.22. The molecule has 0 spiro atoms. The van der Waals surface area contributed by atoms with Crippen molar-refractivity contribution in [2.45, 2.75) is 13.1 Å². The van der Waals surface area contributed by atoms with Gasteiger partial charge in [-0.1, -0.05) is 66.7 Å². The molecular weight excluding hydrogens is 370 g/mol. The summed E-state index contributed by atoms with van der Waals surface area (Å²) in [4.78, 5) is 37.2. The van der Waals surface area contributed by atoms with Crippen LogP contribution in [0.1, 0.15) is 11.1 Å². The SMILES string of the molecule is O=C(Nc1cccc([N+](=O)[O-])c1)C(=O)N(Cc1ccccc1)Cc1ccccc1. The maximum Gasteiger partial charge on any atom is 0.313 e. The number of carbonyl (C=O) groups excluding carboxylic acids is 2. The Morgan fingerprint density at radius 2 is 1.38 bits per heavy atom. The molecule has 3 aromatic rings. The number of carbonyl (C=O) groups is 2. The van der Waals surface area contributed by atoms with Crippen LogP contribution in [0.2, 0.25) is 0 Å². The number of anilines is 1. The van der Waals surface area contributed by atoms with Gasteiger partial charge in [0.25, 0.3) is 5.69 Å². The molecule has 7 nitrogen and oxygen atoms in total. The van der Waals surface area contributed by atoms with Crippen LogP contribution in [0.5, 0.6) is 0 Å². The summed E-state index contributed by atoms with van der Waals surface area (Å²) in [7, 11) is 0. The Morgan fingerprint density at radius 1 is 0.828 bits per heavy atom. The Labute approximate surface area is 167 Å². The molecule has 146 valence electrons. The number of nitro groups is 1. The molecule has 0 atom stereocenters. The number of nitro benzene ring substituents is 1. The minimum absolute atomic E-state index is 0.166. The van der Waals surface area contributed by atoms with Gasteiger partial charge in [-0.05, 0) is 17.2 Å². The largest absolute Gasteiger partial charge is 0.326 e. The summed E-state index contributed by atoms with van der Waals surface area (Å²) in [5.41, 5.74) is 1.80. The van der Waals surface area contributed by atoms with Crippen molar-refractivity contribution in [3.05, 3.63) is 106 Å². The highest BCUT2D eigenvalue weighted by Crippen LogP contribution is 2.17. The first-order valence-corrected chi connectivity index (χ1v) is 8.95. The third-order valence-corrected chi connectivity index (χ3v) is 4.23. The second-order valence-electron chi connectivity index (χ2n) is 6.39. The van der Waals surface area contributed by atoms with Crippen LogP contribution in [0.3, 0.4) is 0 Å². The van der Waals surface area contributed by atoms with E-state index in [0.29, 0.717) is 0 Å². The minimum Gasteiger partial charge on any atom is -0.326 e. The van der Waals surface area contributed by atoms with E-state index in [0.717, 1.165) is 11.1 Å². The second-order valence-corrected chi connectivity index (χ2v) is 6.39. The molecule has 0 aliphatic heterocycles. The molecule has 0 aliphatic rings. The first-order chi connectivity index (χ1) is 14.0. The number of nitrogens with one attached hydrogen (secondary N) is 1. The molecule has 1 N–H and O–H groups in total. The maximum atomic E-state index is 12.9. The van der Waals surface area contributed by atoms with Crippen molar-refractivity contribution in [2.24, 2.45) is 0 Å². The van der Waals surface area contributed by atoms with Crippen molar-refractivity contribution in [2.75, 3.05) is 5.32 Å². The lowest BCUT2D eigenvalue weighted by molar-refractivity contribution is -0.384. The van der Waals surface area contributed by atoms with Crippen LogP contribution in [-0.2, 0) is 22.7 Å². The van der Waals surface area contributed by atoms with E-state index >= 15 is 0 Å². The zero-order chi connectivity index (χ0) is 20.6. The molecule has 0 saturated heterocycles. The van der Waals surface area contributed by atoms with Gasteiger partial charge in [-0.3, -0.25) is 19.7 Å². The Balaban J connectivity index is 1.78. The fraction of sp³-hybridized carbons (Fsp3) is 0.0909. The van der Waals surface area contributed by atoms with E-state index in [1.165, 1.54) is 29.2 Å². The monoisotopic (exact) mass is 389 g/mol. The predicted octanol–water partition coefficient (Wildman–Crippen LogP) is 3.76. The minimum atomic E-state index is -0.850. The van der Waals surface area contributed by atoms with Crippen molar-refractivity contribution >= 4 is 23.2 Å². The van der Waals surface area contributed by atoms with E-state index in [9.17, 15) is 19.7 Å². The summed E-state index contributed by atoms with van der Waals surface area (Å²) in [6.45, 7) is 0.522. The summed E-state index contributed by atoms with van der Waals surface area (Å²) in [6.07, 6.45) is 0. The van der Waals surface area contributed by atoms with Crippen LogP contribution < -0.4 is 5.32 Å². The molecule has 2 amide bonds. The summed E-state index contributed by atoms with van der Waals surface area (Å²) >= 11 is 0. The Bertz CT molecular complexity index is 965. The molecule has 0 aliphatic carbocycles. The average molecular weight is 389 g/mol. The molecule has 0 radical (unpaired) electrons. The third-order valence-electron chi connectivity index (χ3n) is 4.23. The van der Waals surface area contributed by atoms with Crippen LogP contribution >= 0.6 is 0 Å². The smallest absolute Gasteiger partial charge is 0.313 e. The van der Waals surface area contributed by atoms with Crippen molar-refractivity contribution in [3.63, 3.8) is 0 Å². The van der Waals surface area contributed by atoms with E-state index in [4.69, 9.17) is 0 Å². The molecule has 0 saturated carbocycles. The topological polar surface area (TPSA) is 92.5 Å². The Kier molecular flexibility index (Phi) is 6.32. The van der Waals surface area contributed by atoms with Gasteiger partial charge in [-0.25, -0.2) is 0 Å². The third kappa shape index (κ3) is 5.49. The molecule has 0 heterocycles. The van der Waals surface area contributed by atoms with Gasteiger partial charge in [0.1, 0.15) is 0 Å². The zero-order valence-electron chi connectivity index (χ0n) is 15.5. The summed E-state index contributed by atoms with van der Waals surface area (Å²) < 4.78 is 0. The molecule has 29 heavy (non-hydrogen) atoms. The van der Waals surface area contributed by atoms with Crippen molar-refractivity contribution in [3.8, 4) is 0 Å². The Hall–Kier alpha value is -4.00. The highest BCUT2D eigenvalue weighted by atomic mass is 16.6. The van der Waals surface area contributed by atoms with E-state index in [-0.39, 0.29) is 24.5 Å². The highest BCUT2D eigenvalue weighted by molar-refractivity contribution is 6.39. The van der Waals surface area contributed by atoms with Gasteiger partial charge in [0, 0.05) is 30.9 Å². The lowest BCUT2D eigenvalue weighted by Crippen LogP contribution is -2.38. The van der Waals surface area contributed by atoms with Gasteiger partial charge >= 0.3 is 11.8 Å². The van der Waals surface area contributed by atoms with E-state index in [1.807, 2.05) is 60.7 Å². The lowest BCUT2D eigenvalue weighted by atomic mass is 10.1. The normalized spacial score (nSPS) is 10.2. The van der Waals surface area contributed by atoms with E-state index < -0.39 is 16.7 Å². The molecule has 3 aromatic carbocycles. The highest BCUT2D eigenvalue weighted by Gasteiger charge is 2.23. The number of hydrogen-bond acceptors (Lipinski definition) is 4. The quantitative estimate of drug-likeness (QED) is 0.395. The number of benzene rings is 3. The van der Waals surface area contributed by atoms with Crippen LogP contribution in [0.25, 0.3) is 0 Å². The van der Waals surface area contributed by atoms with Gasteiger partial charge in [-0.15, -0.1) is 0 Å². The predicted molar refractivity (Wildman–Crippen MR) is 109 cm³/mol. The average Bonchev–Trinajstić information content (AvgIpc) is 2.74. The first kappa shape index (κ1) is 19.8. The van der Waals surface area contributed by atoms with Crippen molar-refractivity contribution in [1.82, 2.24) is 4.90 Å². The fourth-order valence-corrected chi connectivity index (χ4v) is 2.83. The Morgan fingerprint density at radius 3 is 1.90 bits per heavy atom. The molecule has 0 fully saturated rings. The molecule has 3 rings (SSSR count). The van der Waals surface area contributed by atoms with Gasteiger partial charge < -0.3 is 10.2 Å². The number of non-ortho nitro benzene ring substituents is 1. The molecule has 0 aromatic heterocycles. The van der Waals surface area contributed by atoms with Crippen LogP contribution in [0, 0.1) is 10.1 Å². The summed E-state index contributed by atoms with van der Waals surface area (Å²) in [6, 6.07) is 24.2. The van der Waals surface area contributed by atoms with Crippen LogP contribution in [-0.4, -0.2) is 21.6 Å². The van der Waals surface area contributed by atoms with Gasteiger partial charge in [0.05, 0.1) is 4.92 Å².